The first kappa shape index (κ1) is 26.0. The predicted octanol–water partition coefficient (Wildman–Crippen LogP) is 0.728. The molecule has 0 bridgehead atoms. The van der Waals surface area contributed by atoms with Gasteiger partial charge < -0.3 is 31.1 Å². The van der Waals surface area contributed by atoms with E-state index in [0.29, 0.717) is 38.6 Å². The van der Waals surface area contributed by atoms with Gasteiger partial charge in [0.15, 0.2) is 0 Å². The molecule has 0 saturated carbocycles. The summed E-state index contributed by atoms with van der Waals surface area (Å²) in [5.74, 6) is -0.187. The molecule has 2 heterocycles. The van der Waals surface area contributed by atoms with Crippen molar-refractivity contribution in [2.75, 3.05) is 20.3 Å². The first-order valence-electron chi connectivity index (χ1n) is 12.3. The molecule has 1 aromatic rings. The van der Waals surface area contributed by atoms with Crippen molar-refractivity contribution in [2.45, 2.75) is 76.0 Å². The van der Waals surface area contributed by atoms with E-state index in [4.69, 9.17) is 10.5 Å². The molecule has 0 unspecified atom stereocenters. The topological polar surface area (TPSA) is 134 Å². The number of methoxy groups -OCH3 is 1. The normalized spacial score (nSPS) is 25.3. The lowest BCUT2D eigenvalue weighted by Crippen LogP contribution is -2.58. The second-order valence-corrected chi connectivity index (χ2v) is 9.23. The zero-order valence-electron chi connectivity index (χ0n) is 20.2. The largest absolute Gasteiger partial charge is 0.497 e. The van der Waals surface area contributed by atoms with E-state index in [-0.39, 0.29) is 36.3 Å². The SMILES string of the molecule is CC[C@H](N)C(=O)N[C@@H]1C(=O)N2[C@@H](CC[C@@H]1CCO)CC[C@H]2C(=O)NCCc1ccc(OC)cc1. The number of ether oxygens (including phenoxy) is 1. The molecule has 188 valence electrons. The minimum absolute atomic E-state index is 0.0345. The van der Waals surface area contributed by atoms with Crippen LogP contribution in [0.25, 0.3) is 0 Å². The van der Waals surface area contributed by atoms with Crippen LogP contribution in [0.3, 0.4) is 0 Å². The Kier molecular flexibility index (Phi) is 9.29. The second kappa shape index (κ2) is 12.2. The first-order chi connectivity index (χ1) is 16.4. The highest BCUT2D eigenvalue weighted by molar-refractivity contribution is 5.94. The van der Waals surface area contributed by atoms with Crippen LogP contribution in [0.5, 0.6) is 5.75 Å². The highest BCUT2D eigenvalue weighted by Gasteiger charge is 2.47. The molecule has 2 fully saturated rings. The highest BCUT2D eigenvalue weighted by Crippen LogP contribution is 2.35. The van der Waals surface area contributed by atoms with Crippen molar-refractivity contribution in [1.82, 2.24) is 15.5 Å². The molecular weight excluding hydrogens is 436 g/mol. The number of carbonyl (C=O) groups excluding carboxylic acids is 3. The Balaban J connectivity index is 1.67. The molecule has 0 spiro atoms. The van der Waals surface area contributed by atoms with Gasteiger partial charge in [0, 0.05) is 19.2 Å². The van der Waals surface area contributed by atoms with Crippen molar-refractivity contribution in [1.29, 1.82) is 0 Å². The van der Waals surface area contributed by atoms with Crippen LogP contribution in [-0.2, 0) is 20.8 Å². The van der Waals surface area contributed by atoms with Crippen LogP contribution in [0.15, 0.2) is 24.3 Å². The molecule has 5 N–H and O–H groups in total. The molecule has 3 rings (SSSR count). The molecule has 0 aliphatic carbocycles. The number of aliphatic hydroxyl groups excluding tert-OH is 1. The van der Waals surface area contributed by atoms with Crippen molar-refractivity contribution < 1.29 is 24.2 Å². The molecule has 0 aromatic heterocycles. The van der Waals surface area contributed by atoms with Gasteiger partial charge in [0.1, 0.15) is 17.8 Å². The minimum atomic E-state index is -0.782. The summed E-state index contributed by atoms with van der Waals surface area (Å²) in [4.78, 5) is 40.9. The Morgan fingerprint density at radius 2 is 1.91 bits per heavy atom. The lowest BCUT2D eigenvalue weighted by molar-refractivity contribution is -0.143. The number of benzene rings is 1. The van der Waals surface area contributed by atoms with Gasteiger partial charge in [0.2, 0.25) is 17.7 Å². The molecule has 2 aliphatic heterocycles. The molecule has 9 nitrogen and oxygen atoms in total. The maximum atomic E-state index is 13.6. The highest BCUT2D eigenvalue weighted by atomic mass is 16.5. The Labute approximate surface area is 201 Å². The molecule has 5 atom stereocenters. The second-order valence-electron chi connectivity index (χ2n) is 9.23. The first-order valence-corrected chi connectivity index (χ1v) is 12.3. The number of hydrogen-bond acceptors (Lipinski definition) is 6. The monoisotopic (exact) mass is 474 g/mol. The number of nitrogens with two attached hydrogens (primary N) is 1. The van der Waals surface area contributed by atoms with Crippen LogP contribution < -0.4 is 21.1 Å². The van der Waals surface area contributed by atoms with Gasteiger partial charge in [-0.1, -0.05) is 19.1 Å². The summed E-state index contributed by atoms with van der Waals surface area (Å²) in [5.41, 5.74) is 6.96. The van der Waals surface area contributed by atoms with Crippen LogP contribution in [0.2, 0.25) is 0 Å². The van der Waals surface area contributed by atoms with E-state index >= 15 is 0 Å². The zero-order valence-corrected chi connectivity index (χ0v) is 20.2. The van der Waals surface area contributed by atoms with Crippen LogP contribution in [0.1, 0.15) is 51.0 Å². The third-order valence-corrected chi connectivity index (χ3v) is 7.11. The van der Waals surface area contributed by atoms with Gasteiger partial charge >= 0.3 is 0 Å². The van der Waals surface area contributed by atoms with Crippen LogP contribution >= 0.6 is 0 Å². The van der Waals surface area contributed by atoms with Gasteiger partial charge in [-0.2, -0.15) is 0 Å². The maximum Gasteiger partial charge on any atom is 0.246 e. The van der Waals surface area contributed by atoms with E-state index in [2.05, 4.69) is 10.6 Å². The number of carbonyl (C=O) groups is 3. The zero-order chi connectivity index (χ0) is 24.7. The number of nitrogens with zero attached hydrogens (tertiary/aromatic N) is 1. The lowest BCUT2D eigenvalue weighted by Gasteiger charge is -2.32. The van der Waals surface area contributed by atoms with Crippen molar-refractivity contribution in [2.24, 2.45) is 11.7 Å². The standard InChI is InChI=1S/C25H38N4O5/c1-3-20(26)23(31)28-22-17(13-15-30)6-7-18-8-11-21(29(18)25(22)33)24(32)27-14-12-16-4-9-19(34-2)10-5-16/h4-5,9-10,17-18,20-22,30H,3,6-8,11-15,26H2,1-2H3,(H,27,32)(H,28,31)/t17-,18+,20+,21+,22+/m1/s1. The van der Waals surface area contributed by atoms with Crippen LogP contribution in [0, 0.1) is 5.92 Å². The lowest BCUT2D eigenvalue weighted by atomic mass is 9.90. The van der Waals surface area contributed by atoms with Crippen molar-refractivity contribution in [3.63, 3.8) is 0 Å². The Morgan fingerprint density at radius 1 is 1.21 bits per heavy atom. The molecular formula is C25H38N4O5. The Hall–Kier alpha value is -2.65. The molecule has 9 heteroatoms. The Morgan fingerprint density at radius 3 is 2.56 bits per heavy atom. The van der Waals surface area contributed by atoms with E-state index in [1.54, 1.807) is 12.0 Å². The maximum absolute atomic E-state index is 13.6. The minimum Gasteiger partial charge on any atom is -0.497 e. The van der Waals surface area contributed by atoms with Crippen molar-refractivity contribution >= 4 is 17.7 Å². The summed E-state index contributed by atoms with van der Waals surface area (Å²) in [6.07, 6.45) is 4.35. The summed E-state index contributed by atoms with van der Waals surface area (Å²) in [6, 6.07) is 5.63. The number of amides is 3. The van der Waals surface area contributed by atoms with Gasteiger partial charge in [0.25, 0.3) is 0 Å². The fourth-order valence-corrected chi connectivity index (χ4v) is 5.03. The number of rotatable bonds is 10. The van der Waals surface area contributed by atoms with Gasteiger partial charge in [-0.3, -0.25) is 14.4 Å². The molecule has 2 aliphatic rings. The van der Waals surface area contributed by atoms with E-state index in [1.807, 2.05) is 31.2 Å². The van der Waals surface area contributed by atoms with E-state index in [1.165, 1.54) is 0 Å². The molecule has 1 aromatic carbocycles. The van der Waals surface area contributed by atoms with Gasteiger partial charge in [-0.15, -0.1) is 0 Å². The van der Waals surface area contributed by atoms with Crippen molar-refractivity contribution in [3.05, 3.63) is 29.8 Å². The number of hydrogen-bond donors (Lipinski definition) is 4. The van der Waals surface area contributed by atoms with Crippen LogP contribution in [-0.4, -0.2) is 72.2 Å². The number of fused-ring (bicyclic) bond motifs is 1. The van der Waals surface area contributed by atoms with Gasteiger partial charge in [0.05, 0.1) is 13.2 Å². The molecule has 2 saturated heterocycles. The van der Waals surface area contributed by atoms with E-state index in [9.17, 15) is 19.5 Å². The smallest absolute Gasteiger partial charge is 0.246 e. The molecule has 0 radical (unpaired) electrons. The van der Waals surface area contributed by atoms with Gasteiger partial charge in [-0.25, -0.2) is 0 Å². The molecule has 34 heavy (non-hydrogen) atoms. The van der Waals surface area contributed by atoms with E-state index < -0.39 is 18.1 Å². The quantitative estimate of drug-likeness (QED) is 0.395. The van der Waals surface area contributed by atoms with E-state index in [0.717, 1.165) is 24.2 Å². The number of nitrogens with one attached hydrogen (secondary N) is 2. The summed E-state index contributed by atoms with van der Waals surface area (Å²) in [5, 5.41) is 15.3. The van der Waals surface area contributed by atoms with Crippen LogP contribution in [0.4, 0.5) is 0 Å². The third kappa shape index (κ3) is 6.07. The summed E-state index contributed by atoms with van der Waals surface area (Å²) < 4.78 is 5.17. The summed E-state index contributed by atoms with van der Waals surface area (Å²) in [6.45, 7) is 2.21. The average Bonchev–Trinajstić information content (AvgIpc) is 3.23. The fourth-order valence-electron chi connectivity index (χ4n) is 5.03. The predicted molar refractivity (Wildman–Crippen MR) is 128 cm³/mol. The van der Waals surface area contributed by atoms with Gasteiger partial charge in [-0.05, 0) is 68.6 Å². The van der Waals surface area contributed by atoms with Crippen molar-refractivity contribution in [3.8, 4) is 5.75 Å². The fraction of sp³-hybridized carbons (Fsp3) is 0.640. The Bertz CT molecular complexity index is 846. The number of aliphatic hydroxyl groups is 1. The average molecular weight is 475 g/mol. The summed E-state index contributed by atoms with van der Waals surface area (Å²) in [7, 11) is 1.62. The summed E-state index contributed by atoms with van der Waals surface area (Å²) >= 11 is 0. The third-order valence-electron chi connectivity index (χ3n) is 7.11. The molecule has 3 amide bonds.